The summed E-state index contributed by atoms with van der Waals surface area (Å²) < 4.78 is 43.5. The van der Waals surface area contributed by atoms with E-state index in [1.165, 1.54) is 12.1 Å². The number of benzene rings is 5. The highest BCUT2D eigenvalue weighted by Crippen LogP contribution is 2.40. The number of hydrogen-bond acceptors (Lipinski definition) is 10. The van der Waals surface area contributed by atoms with Gasteiger partial charge in [0.1, 0.15) is 11.0 Å². The standard InChI is InChI=1S/C44H44N4O6S3/c1-29-14-20-39(21-15-29)57(51,52)48-40(23-31-8-4-3-5-9-31)42(50)45-26-33-10-6-11-35(22-33)36-12-7-13-37(24-36)43-53-38(28-55-44-47-46-30(2)56-44)25-41(54-43)34-18-16-32(27-49)17-19-34/h3-22,24,38,40-41,43,48-49H,23,25-28H2,1-2H3,(H,45,50)/t38-,40-,41+,43+/m1/s1. The zero-order valence-corrected chi connectivity index (χ0v) is 34.0. The van der Waals surface area contributed by atoms with Crippen LogP contribution >= 0.6 is 23.1 Å². The summed E-state index contributed by atoms with van der Waals surface area (Å²) in [6, 6.07) is 38.6. The molecule has 1 saturated heterocycles. The number of aryl methyl sites for hydroxylation is 2. The van der Waals surface area contributed by atoms with Gasteiger partial charge in [0.15, 0.2) is 10.6 Å². The topological polar surface area (TPSA) is 140 Å². The van der Waals surface area contributed by atoms with E-state index in [2.05, 4.69) is 26.3 Å². The van der Waals surface area contributed by atoms with E-state index in [0.717, 1.165) is 53.9 Å². The number of nitrogens with one attached hydrogen (secondary N) is 2. The summed E-state index contributed by atoms with van der Waals surface area (Å²) in [5.74, 6) is 0.260. The molecule has 6 aromatic rings. The zero-order valence-electron chi connectivity index (χ0n) is 31.6. The van der Waals surface area contributed by atoms with Gasteiger partial charge in [0, 0.05) is 24.3 Å². The van der Waals surface area contributed by atoms with Crippen LogP contribution in [0.4, 0.5) is 0 Å². The molecule has 0 unspecified atom stereocenters. The number of rotatable bonds is 15. The number of carbonyl (C=O) groups excluding carboxylic acids is 1. The highest BCUT2D eigenvalue weighted by Gasteiger charge is 2.33. The van der Waals surface area contributed by atoms with Crippen LogP contribution in [0.25, 0.3) is 11.1 Å². The van der Waals surface area contributed by atoms with Crippen molar-refractivity contribution in [1.82, 2.24) is 20.2 Å². The van der Waals surface area contributed by atoms with Gasteiger partial charge >= 0.3 is 0 Å². The number of carbonyl (C=O) groups is 1. The average Bonchev–Trinajstić information content (AvgIpc) is 3.67. The molecule has 0 bridgehead atoms. The van der Waals surface area contributed by atoms with Gasteiger partial charge in [0.25, 0.3) is 0 Å². The van der Waals surface area contributed by atoms with Crippen molar-refractivity contribution in [3.8, 4) is 11.1 Å². The Hall–Kier alpha value is -4.73. The van der Waals surface area contributed by atoms with Gasteiger partial charge in [0.2, 0.25) is 15.9 Å². The molecule has 1 aromatic heterocycles. The maximum atomic E-state index is 13.7. The lowest BCUT2D eigenvalue weighted by atomic mass is 9.99. The summed E-state index contributed by atoms with van der Waals surface area (Å²) in [5.41, 5.74) is 7.24. The average molecular weight is 821 g/mol. The molecule has 1 amide bonds. The second kappa shape index (κ2) is 18.7. The van der Waals surface area contributed by atoms with E-state index in [1.54, 1.807) is 35.2 Å². The van der Waals surface area contributed by atoms with Crippen molar-refractivity contribution >= 4 is 39.0 Å². The van der Waals surface area contributed by atoms with Gasteiger partial charge in [-0.1, -0.05) is 132 Å². The molecule has 1 fully saturated rings. The number of aliphatic hydroxyl groups is 1. The van der Waals surface area contributed by atoms with E-state index in [9.17, 15) is 18.3 Å². The van der Waals surface area contributed by atoms with Crippen LogP contribution in [-0.4, -0.2) is 47.5 Å². The van der Waals surface area contributed by atoms with Gasteiger partial charge in [-0.05, 0) is 77.9 Å². The maximum Gasteiger partial charge on any atom is 0.241 e. The molecule has 0 radical (unpaired) electrons. The molecular formula is C44H44N4O6S3. The second-order valence-electron chi connectivity index (χ2n) is 14.0. The third kappa shape index (κ3) is 10.8. The van der Waals surface area contributed by atoms with Crippen molar-refractivity contribution in [2.75, 3.05) is 5.75 Å². The minimum absolute atomic E-state index is 0.0245. The van der Waals surface area contributed by atoms with Crippen LogP contribution in [0.5, 0.6) is 0 Å². The van der Waals surface area contributed by atoms with Crippen LogP contribution in [0, 0.1) is 13.8 Å². The molecule has 1 aliphatic heterocycles. The minimum atomic E-state index is -3.97. The lowest BCUT2D eigenvalue weighted by Gasteiger charge is -2.36. The van der Waals surface area contributed by atoms with Crippen LogP contribution in [0.2, 0.25) is 0 Å². The van der Waals surface area contributed by atoms with Crippen molar-refractivity contribution in [1.29, 1.82) is 0 Å². The number of aromatic nitrogens is 2. The van der Waals surface area contributed by atoms with Crippen LogP contribution < -0.4 is 10.0 Å². The molecule has 294 valence electrons. The minimum Gasteiger partial charge on any atom is -0.392 e. The number of hydrogen-bond donors (Lipinski definition) is 3. The fraction of sp³-hybridized carbons (Fsp3) is 0.250. The van der Waals surface area contributed by atoms with Crippen molar-refractivity contribution in [3.05, 3.63) is 166 Å². The smallest absolute Gasteiger partial charge is 0.241 e. The Labute approximate surface area is 341 Å². The van der Waals surface area contributed by atoms with Crippen molar-refractivity contribution in [3.63, 3.8) is 0 Å². The number of sulfonamides is 1. The normalized spacial score (nSPS) is 17.6. The SMILES string of the molecule is Cc1ccc(S(=O)(=O)N[C@H](Cc2ccccc2)C(=O)NCc2cccc(-c3cccc([C@H]4O[C@@H](CSc5nnc(C)s5)C[C@@H](c5ccc(CO)cc5)O4)c3)c2)cc1. The first-order valence-electron chi connectivity index (χ1n) is 18.7. The highest BCUT2D eigenvalue weighted by molar-refractivity contribution is 8.01. The molecule has 13 heteroatoms. The molecule has 1 aliphatic rings. The van der Waals surface area contributed by atoms with Crippen LogP contribution in [-0.2, 0) is 43.9 Å². The molecule has 4 atom stereocenters. The molecule has 0 saturated carbocycles. The van der Waals surface area contributed by atoms with Gasteiger partial charge in [0.05, 0.1) is 23.7 Å². The van der Waals surface area contributed by atoms with Crippen LogP contribution in [0.15, 0.2) is 137 Å². The van der Waals surface area contributed by atoms with Gasteiger partial charge in [-0.3, -0.25) is 4.79 Å². The molecule has 7 rings (SSSR count). The van der Waals surface area contributed by atoms with E-state index >= 15 is 0 Å². The number of nitrogens with zero attached hydrogens (tertiary/aromatic N) is 2. The lowest BCUT2D eigenvalue weighted by molar-refractivity contribution is -0.245. The number of aliphatic hydroxyl groups excluding tert-OH is 1. The molecule has 0 spiro atoms. The summed E-state index contributed by atoms with van der Waals surface area (Å²) >= 11 is 3.19. The molecule has 3 N–H and O–H groups in total. The van der Waals surface area contributed by atoms with Crippen LogP contribution in [0.1, 0.15) is 57.2 Å². The first-order chi connectivity index (χ1) is 27.6. The van der Waals surface area contributed by atoms with Crippen molar-refractivity contribution in [2.24, 2.45) is 0 Å². The largest absolute Gasteiger partial charge is 0.392 e. The zero-order chi connectivity index (χ0) is 39.8. The van der Waals surface area contributed by atoms with E-state index in [1.807, 2.05) is 111 Å². The molecule has 10 nitrogen and oxygen atoms in total. The summed E-state index contributed by atoms with van der Waals surface area (Å²) in [6.45, 7) is 4.00. The van der Waals surface area contributed by atoms with Gasteiger partial charge in [-0.2, -0.15) is 4.72 Å². The lowest BCUT2D eigenvalue weighted by Crippen LogP contribution is -2.47. The Bertz CT molecular complexity index is 2370. The maximum absolute atomic E-state index is 13.7. The second-order valence-corrected chi connectivity index (χ2v) is 18.1. The Kier molecular flexibility index (Phi) is 13.3. The number of ether oxygens (including phenoxy) is 2. The molecule has 0 aliphatic carbocycles. The molecule has 57 heavy (non-hydrogen) atoms. The first-order valence-corrected chi connectivity index (χ1v) is 21.9. The Morgan fingerprint density at radius 2 is 1.54 bits per heavy atom. The predicted molar refractivity (Wildman–Crippen MR) is 223 cm³/mol. The number of amides is 1. The van der Waals surface area contributed by atoms with Crippen LogP contribution in [0.3, 0.4) is 0 Å². The Morgan fingerprint density at radius 1 is 0.825 bits per heavy atom. The fourth-order valence-corrected chi connectivity index (χ4v) is 9.63. The first kappa shape index (κ1) is 40.5. The monoisotopic (exact) mass is 820 g/mol. The quantitative estimate of drug-likeness (QED) is 0.0884. The Balaban J connectivity index is 1.06. The van der Waals surface area contributed by atoms with Gasteiger partial charge < -0.3 is 19.9 Å². The van der Waals surface area contributed by atoms with E-state index in [0.29, 0.717) is 12.2 Å². The third-order valence-electron chi connectivity index (χ3n) is 9.63. The molecule has 5 aromatic carbocycles. The summed E-state index contributed by atoms with van der Waals surface area (Å²) in [6.07, 6.45) is -0.126. The summed E-state index contributed by atoms with van der Waals surface area (Å²) in [7, 11) is -3.97. The predicted octanol–water partition coefficient (Wildman–Crippen LogP) is 7.86. The Morgan fingerprint density at radius 3 is 2.26 bits per heavy atom. The highest BCUT2D eigenvalue weighted by atomic mass is 32.2. The van der Waals surface area contributed by atoms with E-state index < -0.39 is 28.3 Å². The molecule has 2 heterocycles. The van der Waals surface area contributed by atoms with E-state index in [4.69, 9.17) is 9.47 Å². The molecular weight excluding hydrogens is 777 g/mol. The summed E-state index contributed by atoms with van der Waals surface area (Å²) in [4.78, 5) is 13.8. The van der Waals surface area contributed by atoms with Crippen molar-refractivity contribution in [2.45, 2.75) is 73.6 Å². The van der Waals surface area contributed by atoms with Gasteiger partial charge in [-0.25, -0.2) is 8.42 Å². The third-order valence-corrected chi connectivity index (χ3v) is 13.2. The fourth-order valence-electron chi connectivity index (χ4n) is 6.57. The number of thioether (sulfide) groups is 1. The summed E-state index contributed by atoms with van der Waals surface area (Å²) in [5, 5.41) is 21.9. The van der Waals surface area contributed by atoms with E-state index in [-0.39, 0.29) is 36.7 Å². The van der Waals surface area contributed by atoms with Gasteiger partial charge in [-0.15, -0.1) is 10.2 Å². The van der Waals surface area contributed by atoms with Crippen molar-refractivity contribution < 1.29 is 27.8 Å².